The van der Waals surface area contributed by atoms with Gasteiger partial charge in [-0.1, -0.05) is 18.2 Å². The first-order valence-electron chi connectivity index (χ1n) is 13.1. The van der Waals surface area contributed by atoms with E-state index >= 15 is 0 Å². The molecule has 1 aliphatic heterocycles. The molecule has 0 unspecified atom stereocenters. The van der Waals surface area contributed by atoms with Crippen LogP contribution in [0.4, 0.5) is 5.69 Å². The standard InChI is InChI=1S/C32H21N5O3/c33-15-17-5-7-22-23(9-17)32-14-20(32)16-37(29(32)13-28(22)38)31(40)27-12-19-10-21(6-8-25(19)36-27)34-30(39)26-11-18-3-1-2-4-24(18)35-26/h1-13,20,35-36H,14,16H2,(H,34,39)/t20-,32-/m0/s1. The van der Waals surface area contributed by atoms with E-state index in [2.05, 4.69) is 21.4 Å². The number of carbonyl (C=O) groups excluding carboxylic acids is 3. The van der Waals surface area contributed by atoms with Gasteiger partial charge < -0.3 is 20.2 Å². The van der Waals surface area contributed by atoms with Crippen molar-refractivity contribution in [2.45, 2.75) is 11.8 Å². The third kappa shape index (κ3) is 3.09. The summed E-state index contributed by atoms with van der Waals surface area (Å²) in [5.74, 6) is -0.375. The number of anilines is 1. The van der Waals surface area contributed by atoms with Crippen LogP contribution in [0.1, 0.15) is 48.9 Å². The number of amides is 2. The first-order chi connectivity index (χ1) is 19.4. The summed E-state index contributed by atoms with van der Waals surface area (Å²) in [5.41, 5.74) is 5.49. The molecule has 2 atom stereocenters. The Balaban J connectivity index is 1.07. The number of aromatic nitrogens is 2. The van der Waals surface area contributed by atoms with Gasteiger partial charge in [-0.05, 0) is 72.5 Å². The minimum atomic E-state index is -0.377. The van der Waals surface area contributed by atoms with Crippen LogP contribution >= 0.6 is 0 Å². The highest BCUT2D eigenvalue weighted by Crippen LogP contribution is 2.66. The van der Waals surface area contributed by atoms with Crippen LogP contribution in [0.2, 0.25) is 0 Å². The van der Waals surface area contributed by atoms with Crippen molar-refractivity contribution < 1.29 is 14.4 Å². The second-order valence-electron chi connectivity index (χ2n) is 10.8. The number of ketones is 1. The molecular formula is C32H21N5O3. The molecule has 3 aliphatic rings. The SMILES string of the molecule is N#Cc1ccc2c(c1)[C@]13C[C@H]1CN(C(=O)c1cc4cc(NC(=O)c5cc6ccccc6[nH]5)ccc4[nH]1)C3=CC2=O. The molecular weight excluding hydrogens is 502 g/mol. The summed E-state index contributed by atoms with van der Waals surface area (Å²) in [7, 11) is 0. The normalized spacial score (nSPS) is 20.5. The Morgan fingerprint density at radius 3 is 2.60 bits per heavy atom. The lowest BCUT2D eigenvalue weighted by Gasteiger charge is -2.29. The molecule has 2 fully saturated rings. The fourth-order valence-electron chi connectivity index (χ4n) is 6.56. The zero-order valence-corrected chi connectivity index (χ0v) is 21.1. The van der Waals surface area contributed by atoms with Gasteiger partial charge in [0.25, 0.3) is 11.8 Å². The smallest absolute Gasteiger partial charge is 0.274 e. The van der Waals surface area contributed by atoms with Crippen molar-refractivity contribution in [1.29, 1.82) is 5.26 Å². The molecule has 3 aromatic carbocycles. The number of nitriles is 1. The van der Waals surface area contributed by atoms with Crippen molar-refractivity contribution in [3.8, 4) is 6.07 Å². The van der Waals surface area contributed by atoms with Crippen LogP contribution < -0.4 is 5.32 Å². The van der Waals surface area contributed by atoms with Crippen molar-refractivity contribution >= 4 is 45.1 Å². The number of H-pyrrole nitrogens is 2. The number of nitrogens with zero attached hydrogens (tertiary/aromatic N) is 2. The van der Waals surface area contributed by atoms with Gasteiger partial charge in [0.05, 0.1) is 11.6 Å². The Labute approximate surface area is 227 Å². The summed E-state index contributed by atoms with van der Waals surface area (Å²) in [6.07, 6.45) is 2.46. The molecule has 0 bridgehead atoms. The van der Waals surface area contributed by atoms with E-state index in [0.717, 1.165) is 39.5 Å². The zero-order chi connectivity index (χ0) is 27.2. The van der Waals surface area contributed by atoms with Crippen LogP contribution in [0.3, 0.4) is 0 Å². The largest absolute Gasteiger partial charge is 0.351 e. The summed E-state index contributed by atoms with van der Waals surface area (Å²) in [4.78, 5) is 47.6. The number of fused-ring (bicyclic) bond motifs is 3. The zero-order valence-electron chi connectivity index (χ0n) is 21.1. The van der Waals surface area contributed by atoms with Gasteiger partial charge in [0.1, 0.15) is 11.4 Å². The summed E-state index contributed by atoms with van der Waals surface area (Å²) in [5, 5.41) is 14.1. The highest BCUT2D eigenvalue weighted by molar-refractivity contribution is 6.10. The van der Waals surface area contributed by atoms with Gasteiger partial charge in [0, 0.05) is 56.8 Å². The van der Waals surface area contributed by atoms with Crippen LogP contribution in [-0.4, -0.2) is 39.0 Å². The molecule has 40 heavy (non-hydrogen) atoms. The Morgan fingerprint density at radius 1 is 0.950 bits per heavy atom. The fraction of sp³-hybridized carbons (Fsp3) is 0.125. The minimum absolute atomic E-state index is 0.141. The summed E-state index contributed by atoms with van der Waals surface area (Å²) in [6.45, 7) is 0.523. The van der Waals surface area contributed by atoms with Crippen LogP contribution in [-0.2, 0) is 5.41 Å². The molecule has 0 radical (unpaired) electrons. The molecule has 3 N–H and O–H groups in total. The number of para-hydroxylation sites is 1. The summed E-state index contributed by atoms with van der Waals surface area (Å²) in [6, 6.07) is 24.1. The van der Waals surface area contributed by atoms with Crippen molar-refractivity contribution in [2.75, 3.05) is 11.9 Å². The number of allylic oxidation sites excluding steroid dienone is 2. The molecule has 192 valence electrons. The molecule has 8 heteroatoms. The highest BCUT2D eigenvalue weighted by atomic mass is 16.2. The van der Waals surface area contributed by atoms with Gasteiger partial charge in [-0.15, -0.1) is 0 Å². The van der Waals surface area contributed by atoms with Crippen molar-refractivity contribution in [3.63, 3.8) is 0 Å². The van der Waals surface area contributed by atoms with E-state index in [4.69, 9.17) is 0 Å². The summed E-state index contributed by atoms with van der Waals surface area (Å²) < 4.78 is 0. The van der Waals surface area contributed by atoms with E-state index in [-0.39, 0.29) is 28.9 Å². The molecule has 3 heterocycles. The monoisotopic (exact) mass is 523 g/mol. The Kier molecular flexibility index (Phi) is 4.40. The number of likely N-dealkylation sites (tertiary alicyclic amines) is 1. The molecule has 8 rings (SSSR count). The predicted octanol–water partition coefficient (Wildman–Crippen LogP) is 5.27. The number of piperidine rings is 1. The van der Waals surface area contributed by atoms with Crippen LogP contribution in [0.5, 0.6) is 0 Å². The number of benzene rings is 3. The molecule has 2 aromatic heterocycles. The van der Waals surface area contributed by atoms with E-state index in [1.807, 2.05) is 48.5 Å². The number of hydrogen-bond acceptors (Lipinski definition) is 4. The average molecular weight is 524 g/mol. The van der Waals surface area contributed by atoms with Crippen LogP contribution in [0.25, 0.3) is 21.8 Å². The van der Waals surface area contributed by atoms with Gasteiger partial charge in [-0.2, -0.15) is 5.26 Å². The van der Waals surface area contributed by atoms with Crippen molar-refractivity contribution in [3.05, 3.63) is 113 Å². The maximum atomic E-state index is 13.7. The number of rotatable bonds is 3. The lowest BCUT2D eigenvalue weighted by Crippen LogP contribution is -2.34. The van der Waals surface area contributed by atoms with E-state index in [1.54, 1.807) is 35.2 Å². The maximum Gasteiger partial charge on any atom is 0.274 e. The second kappa shape index (κ2) is 7.80. The van der Waals surface area contributed by atoms with Gasteiger partial charge in [-0.25, -0.2) is 0 Å². The number of nitrogens with one attached hydrogen (secondary N) is 3. The quantitative estimate of drug-likeness (QED) is 0.298. The second-order valence-corrected chi connectivity index (χ2v) is 10.8. The van der Waals surface area contributed by atoms with Crippen LogP contribution in [0, 0.1) is 17.2 Å². The van der Waals surface area contributed by atoms with E-state index in [1.165, 1.54) is 0 Å². The van der Waals surface area contributed by atoms with E-state index < -0.39 is 0 Å². The molecule has 8 nitrogen and oxygen atoms in total. The van der Waals surface area contributed by atoms with E-state index in [9.17, 15) is 19.6 Å². The topological polar surface area (TPSA) is 122 Å². The lowest BCUT2D eigenvalue weighted by atomic mass is 9.80. The van der Waals surface area contributed by atoms with E-state index in [0.29, 0.717) is 34.7 Å². The minimum Gasteiger partial charge on any atom is -0.351 e. The molecule has 5 aromatic rings. The van der Waals surface area contributed by atoms with Gasteiger partial charge in [0.2, 0.25) is 0 Å². The molecule has 2 aliphatic carbocycles. The Hall–Kier alpha value is -5.42. The fourth-order valence-corrected chi connectivity index (χ4v) is 6.56. The molecule has 2 amide bonds. The van der Waals surface area contributed by atoms with Gasteiger partial charge in [0.15, 0.2) is 5.78 Å². The highest BCUT2D eigenvalue weighted by Gasteiger charge is 2.67. The predicted molar refractivity (Wildman–Crippen MR) is 149 cm³/mol. The van der Waals surface area contributed by atoms with Crippen LogP contribution in [0.15, 0.2) is 84.6 Å². The number of carbonyl (C=O) groups is 3. The first-order valence-corrected chi connectivity index (χ1v) is 13.1. The third-order valence-corrected chi connectivity index (χ3v) is 8.55. The summed E-state index contributed by atoms with van der Waals surface area (Å²) >= 11 is 0. The molecule has 1 spiro atoms. The Bertz CT molecular complexity index is 2010. The van der Waals surface area contributed by atoms with Gasteiger partial charge >= 0.3 is 0 Å². The van der Waals surface area contributed by atoms with Gasteiger partial charge in [-0.3, -0.25) is 14.4 Å². The number of hydrogen-bond donors (Lipinski definition) is 3. The maximum absolute atomic E-state index is 13.7. The Morgan fingerprint density at radius 2 is 1.75 bits per heavy atom. The lowest BCUT2D eigenvalue weighted by molar-refractivity contribution is 0.0806. The molecule has 1 saturated heterocycles. The first kappa shape index (κ1) is 22.6. The third-order valence-electron chi connectivity index (χ3n) is 8.55. The molecule has 1 saturated carbocycles. The van der Waals surface area contributed by atoms with Crippen molar-refractivity contribution in [1.82, 2.24) is 14.9 Å². The number of aromatic amines is 2. The average Bonchev–Trinajstić information content (AvgIpc) is 3.27. The van der Waals surface area contributed by atoms with Crippen molar-refractivity contribution in [2.24, 2.45) is 5.92 Å².